The molecule has 3 aromatic heterocycles. The normalized spacial score (nSPS) is 11.8. The van der Waals surface area contributed by atoms with Gasteiger partial charge < -0.3 is 0 Å². The van der Waals surface area contributed by atoms with E-state index in [2.05, 4.69) is 5.10 Å². The molecule has 98 valence electrons. The Morgan fingerprint density at radius 1 is 1.21 bits per heavy atom. The zero-order valence-electron chi connectivity index (χ0n) is 10.1. The van der Waals surface area contributed by atoms with Crippen molar-refractivity contribution in [2.24, 2.45) is 7.05 Å². The first kappa shape index (κ1) is 12.2. The SMILES string of the molecule is Cn1cc(-c2ccc(S(=O)(=O)n3cccc3)s2)cn1. The predicted molar refractivity (Wildman–Crippen MR) is 73.5 cm³/mol. The monoisotopic (exact) mass is 293 g/mol. The van der Waals surface area contributed by atoms with Crippen LogP contribution in [0.15, 0.2) is 53.3 Å². The maximum atomic E-state index is 12.3. The van der Waals surface area contributed by atoms with Gasteiger partial charge in [0.05, 0.1) is 6.20 Å². The molecule has 0 aromatic carbocycles. The van der Waals surface area contributed by atoms with E-state index in [9.17, 15) is 8.42 Å². The van der Waals surface area contributed by atoms with Gasteiger partial charge in [-0.25, -0.2) is 3.97 Å². The maximum Gasteiger partial charge on any atom is 0.277 e. The quantitative estimate of drug-likeness (QED) is 0.744. The van der Waals surface area contributed by atoms with Crippen molar-refractivity contribution in [1.82, 2.24) is 13.8 Å². The Morgan fingerprint density at radius 3 is 2.58 bits per heavy atom. The van der Waals surface area contributed by atoms with Gasteiger partial charge in [0.25, 0.3) is 10.0 Å². The van der Waals surface area contributed by atoms with Crippen LogP contribution < -0.4 is 0 Å². The summed E-state index contributed by atoms with van der Waals surface area (Å²) in [7, 11) is -1.64. The lowest BCUT2D eigenvalue weighted by atomic mass is 10.3. The van der Waals surface area contributed by atoms with Crippen molar-refractivity contribution in [3.63, 3.8) is 0 Å². The van der Waals surface area contributed by atoms with E-state index in [1.807, 2.05) is 13.2 Å². The fraction of sp³-hybridized carbons (Fsp3) is 0.0833. The van der Waals surface area contributed by atoms with Crippen molar-refractivity contribution < 1.29 is 8.42 Å². The molecule has 0 aliphatic carbocycles. The average molecular weight is 293 g/mol. The van der Waals surface area contributed by atoms with Crippen LogP contribution in [0.1, 0.15) is 0 Å². The molecule has 3 aromatic rings. The number of thiophene rings is 1. The first-order valence-corrected chi connectivity index (χ1v) is 7.80. The summed E-state index contributed by atoms with van der Waals surface area (Å²) < 4.78 is 27.8. The van der Waals surface area contributed by atoms with Crippen LogP contribution in [0.2, 0.25) is 0 Å². The zero-order chi connectivity index (χ0) is 13.5. The number of nitrogens with zero attached hydrogens (tertiary/aromatic N) is 3. The van der Waals surface area contributed by atoms with Crippen LogP contribution in [-0.2, 0) is 17.1 Å². The maximum absolute atomic E-state index is 12.3. The van der Waals surface area contributed by atoms with Crippen molar-refractivity contribution in [2.45, 2.75) is 4.21 Å². The first-order chi connectivity index (χ1) is 9.07. The molecule has 7 heteroatoms. The number of hydrogen-bond donors (Lipinski definition) is 0. The van der Waals surface area contributed by atoms with E-state index >= 15 is 0 Å². The van der Waals surface area contributed by atoms with Crippen molar-refractivity contribution in [2.75, 3.05) is 0 Å². The van der Waals surface area contributed by atoms with Crippen LogP contribution in [0.25, 0.3) is 10.4 Å². The summed E-state index contributed by atoms with van der Waals surface area (Å²) in [6.07, 6.45) is 6.63. The molecular formula is C12H11N3O2S2. The molecule has 0 aliphatic rings. The van der Waals surface area contributed by atoms with Crippen LogP contribution in [-0.4, -0.2) is 22.2 Å². The third-order valence-corrected chi connectivity index (χ3v) is 5.93. The molecule has 0 saturated carbocycles. The van der Waals surface area contributed by atoms with Gasteiger partial charge in [-0.15, -0.1) is 11.3 Å². The Morgan fingerprint density at radius 2 is 1.95 bits per heavy atom. The molecule has 5 nitrogen and oxygen atoms in total. The topological polar surface area (TPSA) is 56.9 Å². The second kappa shape index (κ2) is 4.36. The summed E-state index contributed by atoms with van der Waals surface area (Å²) in [5.41, 5.74) is 0.918. The molecular weight excluding hydrogens is 282 g/mol. The lowest BCUT2D eigenvalue weighted by Crippen LogP contribution is -2.08. The largest absolute Gasteiger partial charge is 0.277 e. The Labute approximate surface area is 114 Å². The predicted octanol–water partition coefficient (Wildman–Crippen LogP) is 2.19. The summed E-state index contributed by atoms with van der Waals surface area (Å²) in [4.78, 5) is 0.888. The zero-order valence-corrected chi connectivity index (χ0v) is 11.7. The number of hydrogen-bond acceptors (Lipinski definition) is 4. The molecule has 0 atom stereocenters. The highest BCUT2D eigenvalue weighted by atomic mass is 32.2. The van der Waals surface area contributed by atoms with Crippen molar-refractivity contribution >= 4 is 21.4 Å². The van der Waals surface area contributed by atoms with Gasteiger partial charge >= 0.3 is 0 Å². The van der Waals surface area contributed by atoms with Crippen molar-refractivity contribution in [3.8, 4) is 10.4 Å². The van der Waals surface area contributed by atoms with E-state index in [1.165, 1.54) is 27.7 Å². The molecule has 0 saturated heterocycles. The van der Waals surface area contributed by atoms with Crippen LogP contribution in [0, 0.1) is 0 Å². The van der Waals surface area contributed by atoms with Gasteiger partial charge in [0.1, 0.15) is 4.21 Å². The summed E-state index contributed by atoms with van der Waals surface area (Å²) >= 11 is 1.24. The molecule has 0 radical (unpaired) electrons. The first-order valence-electron chi connectivity index (χ1n) is 5.55. The lowest BCUT2D eigenvalue weighted by Gasteiger charge is -2.01. The van der Waals surface area contributed by atoms with Crippen LogP contribution in [0.3, 0.4) is 0 Å². The molecule has 0 amide bonds. The highest BCUT2D eigenvalue weighted by Crippen LogP contribution is 2.31. The lowest BCUT2D eigenvalue weighted by molar-refractivity contribution is 0.589. The summed E-state index contributed by atoms with van der Waals surface area (Å²) in [6.45, 7) is 0. The van der Waals surface area contributed by atoms with Gasteiger partial charge in [-0.2, -0.15) is 13.5 Å². The van der Waals surface area contributed by atoms with E-state index in [0.717, 1.165) is 10.4 Å². The summed E-state index contributed by atoms with van der Waals surface area (Å²) in [5.74, 6) is 0. The smallest absolute Gasteiger partial charge is 0.275 e. The molecule has 3 heterocycles. The Kier molecular flexibility index (Phi) is 2.79. The fourth-order valence-corrected chi connectivity index (χ4v) is 4.32. The minimum absolute atomic E-state index is 0.322. The van der Waals surface area contributed by atoms with E-state index in [0.29, 0.717) is 4.21 Å². The Balaban J connectivity index is 2.03. The Bertz CT molecular complexity index is 798. The van der Waals surface area contributed by atoms with Gasteiger partial charge in [0, 0.05) is 36.1 Å². The fourth-order valence-electron chi connectivity index (χ4n) is 1.75. The van der Waals surface area contributed by atoms with Gasteiger partial charge in [-0.1, -0.05) is 0 Å². The van der Waals surface area contributed by atoms with E-state index in [4.69, 9.17) is 0 Å². The number of aryl methyl sites for hydroxylation is 1. The standard InChI is InChI=1S/C12H11N3O2S2/c1-14-9-10(8-13-14)11-4-5-12(18-11)19(16,17)15-6-2-3-7-15/h2-9H,1H3. The molecule has 0 unspecified atom stereocenters. The summed E-state index contributed by atoms with van der Waals surface area (Å²) in [5, 5.41) is 4.08. The molecule has 0 N–H and O–H groups in total. The molecule has 0 fully saturated rings. The average Bonchev–Trinajstić information content (AvgIpc) is 3.10. The van der Waals surface area contributed by atoms with Crippen LogP contribution in [0.4, 0.5) is 0 Å². The second-order valence-electron chi connectivity index (χ2n) is 4.04. The van der Waals surface area contributed by atoms with Gasteiger partial charge in [0.2, 0.25) is 0 Å². The molecule has 3 rings (SSSR count). The highest BCUT2D eigenvalue weighted by molar-refractivity contribution is 7.92. The molecule has 0 aliphatic heterocycles. The van der Waals surface area contributed by atoms with E-state index in [-0.39, 0.29) is 0 Å². The van der Waals surface area contributed by atoms with E-state index in [1.54, 1.807) is 35.1 Å². The molecule has 0 spiro atoms. The van der Waals surface area contributed by atoms with Crippen molar-refractivity contribution in [3.05, 3.63) is 49.1 Å². The molecule has 0 bridgehead atoms. The van der Waals surface area contributed by atoms with Gasteiger partial charge in [-0.3, -0.25) is 4.68 Å². The minimum Gasteiger partial charge on any atom is -0.275 e. The van der Waals surface area contributed by atoms with Gasteiger partial charge in [-0.05, 0) is 24.3 Å². The summed E-state index contributed by atoms with van der Waals surface area (Å²) in [6, 6.07) is 6.81. The number of aromatic nitrogens is 3. The van der Waals surface area contributed by atoms with Crippen LogP contribution >= 0.6 is 11.3 Å². The Hall–Kier alpha value is -1.86. The second-order valence-corrected chi connectivity index (χ2v) is 7.19. The van der Waals surface area contributed by atoms with E-state index < -0.39 is 10.0 Å². The minimum atomic E-state index is -3.47. The third kappa shape index (κ3) is 2.11. The number of rotatable bonds is 3. The molecule has 19 heavy (non-hydrogen) atoms. The van der Waals surface area contributed by atoms with Crippen molar-refractivity contribution in [1.29, 1.82) is 0 Å². The third-order valence-electron chi connectivity index (χ3n) is 2.68. The highest BCUT2D eigenvalue weighted by Gasteiger charge is 2.18. The van der Waals surface area contributed by atoms with Crippen LogP contribution in [0.5, 0.6) is 0 Å². The van der Waals surface area contributed by atoms with Gasteiger partial charge in [0.15, 0.2) is 0 Å².